The molecule has 0 atom stereocenters. The molecule has 0 radical (unpaired) electrons. The van der Waals surface area contributed by atoms with Crippen molar-refractivity contribution in [3.8, 4) is 33.4 Å². The molecule has 9 aromatic rings. The van der Waals surface area contributed by atoms with Gasteiger partial charge in [0.2, 0.25) is 0 Å². The molecule has 0 saturated carbocycles. The number of hydrogen-bond acceptors (Lipinski definition) is 4. The summed E-state index contributed by atoms with van der Waals surface area (Å²) >= 11 is 0. The van der Waals surface area contributed by atoms with Crippen molar-refractivity contribution in [2.24, 2.45) is 5.10 Å². The monoisotopic (exact) mass is 754 g/mol. The highest BCUT2D eigenvalue weighted by Gasteiger charge is 2.20. The first-order chi connectivity index (χ1) is 29.2. The Hall–Kier alpha value is -7.95. The summed E-state index contributed by atoms with van der Waals surface area (Å²) in [6.45, 7) is 0. The van der Waals surface area contributed by atoms with Gasteiger partial charge in [0.25, 0.3) is 0 Å². The molecular weight excluding hydrogens is 717 g/mol. The molecule has 0 unspecified atom stereocenters. The van der Waals surface area contributed by atoms with Crippen molar-refractivity contribution in [3.63, 3.8) is 0 Å². The van der Waals surface area contributed by atoms with Crippen LogP contribution in [0.1, 0.15) is 5.56 Å². The lowest BCUT2D eigenvalue weighted by atomic mass is 9.83. The number of benzene rings is 7. The summed E-state index contributed by atoms with van der Waals surface area (Å²) in [5, 5.41) is 23.1. The van der Waals surface area contributed by atoms with Crippen molar-refractivity contribution < 1.29 is 0 Å². The van der Waals surface area contributed by atoms with E-state index in [4.69, 9.17) is 10.5 Å². The van der Waals surface area contributed by atoms with Gasteiger partial charge in [0.1, 0.15) is 5.71 Å². The maximum absolute atomic E-state index is 8.87. The molecule has 10 rings (SSSR count). The molecule has 0 fully saturated rings. The Morgan fingerprint density at radius 1 is 0.424 bits per heavy atom. The number of rotatable bonds is 6. The van der Waals surface area contributed by atoms with Gasteiger partial charge in [0.15, 0.2) is 0 Å². The summed E-state index contributed by atoms with van der Waals surface area (Å²) in [4.78, 5) is 4.41. The maximum Gasteiger partial charge on any atom is 0.109 e. The fraction of sp³-hybridized carbons (Fsp3) is 0. The predicted octanol–water partition coefficient (Wildman–Crippen LogP) is 14.3. The summed E-state index contributed by atoms with van der Waals surface area (Å²) in [7, 11) is 0. The van der Waals surface area contributed by atoms with Crippen LogP contribution in [0.5, 0.6) is 0 Å². The Morgan fingerprint density at radius 3 is 1.61 bits per heavy atom. The molecule has 0 bridgehead atoms. The Bertz CT molecular complexity index is 3190. The van der Waals surface area contributed by atoms with Gasteiger partial charge in [0, 0.05) is 18.0 Å². The van der Waals surface area contributed by atoms with Crippen molar-refractivity contribution in [3.05, 3.63) is 224 Å². The van der Waals surface area contributed by atoms with E-state index in [9.17, 15) is 0 Å². The van der Waals surface area contributed by atoms with Gasteiger partial charge in [0.05, 0.1) is 11.4 Å². The molecule has 278 valence electrons. The minimum Gasteiger partial charge on any atom is -0.299 e. The van der Waals surface area contributed by atoms with Gasteiger partial charge in [-0.1, -0.05) is 176 Å². The Labute approximate surface area is 343 Å². The first-order valence-electron chi connectivity index (χ1n) is 19.8. The molecule has 2 N–H and O–H groups in total. The Kier molecular flexibility index (Phi) is 9.34. The van der Waals surface area contributed by atoms with Crippen molar-refractivity contribution in [2.45, 2.75) is 0 Å². The number of fused-ring (bicyclic) bond motifs is 4. The molecule has 8 aromatic carbocycles. The van der Waals surface area contributed by atoms with E-state index < -0.39 is 0 Å². The fourth-order valence-electron chi connectivity index (χ4n) is 8.39. The average molecular weight is 755 g/mol. The first-order valence-corrected chi connectivity index (χ1v) is 19.8. The lowest BCUT2D eigenvalue weighted by molar-refractivity contribution is 1.33. The number of pyridine rings is 1. The van der Waals surface area contributed by atoms with Gasteiger partial charge in [-0.05, 0) is 112 Å². The molecule has 0 aliphatic heterocycles. The van der Waals surface area contributed by atoms with Crippen LogP contribution in [0.25, 0.3) is 82.0 Å². The molecule has 1 aliphatic carbocycles. The van der Waals surface area contributed by atoms with Crippen LogP contribution in [-0.4, -0.2) is 16.4 Å². The quantitative estimate of drug-likeness (QED) is 0.101. The van der Waals surface area contributed by atoms with Gasteiger partial charge in [-0.25, -0.2) is 0 Å². The van der Waals surface area contributed by atoms with E-state index in [1.165, 1.54) is 32.7 Å². The largest absolute Gasteiger partial charge is 0.299 e. The van der Waals surface area contributed by atoms with E-state index in [1.54, 1.807) is 6.20 Å². The van der Waals surface area contributed by atoms with E-state index in [0.717, 1.165) is 60.6 Å². The third-order valence-electron chi connectivity index (χ3n) is 11.1. The third kappa shape index (κ3) is 6.73. The molecule has 4 nitrogen and oxygen atoms in total. The zero-order chi connectivity index (χ0) is 39.5. The van der Waals surface area contributed by atoms with Crippen LogP contribution >= 0.6 is 0 Å². The Morgan fingerprint density at radius 2 is 0.966 bits per heavy atom. The summed E-state index contributed by atoms with van der Waals surface area (Å²) in [6, 6.07) is 66.1. The van der Waals surface area contributed by atoms with Crippen LogP contribution in [0.15, 0.2) is 224 Å². The van der Waals surface area contributed by atoms with Gasteiger partial charge in [-0.15, -0.1) is 0 Å². The van der Waals surface area contributed by atoms with Crippen molar-refractivity contribution in [1.82, 2.24) is 4.98 Å². The molecule has 0 spiro atoms. The summed E-state index contributed by atoms with van der Waals surface area (Å²) in [5.74, 6) is 0. The highest BCUT2D eigenvalue weighted by Crippen LogP contribution is 2.44. The molecule has 59 heavy (non-hydrogen) atoms. The van der Waals surface area contributed by atoms with E-state index in [2.05, 4.69) is 180 Å². The highest BCUT2D eigenvalue weighted by atomic mass is 15.3. The van der Waals surface area contributed by atoms with Crippen LogP contribution in [-0.2, 0) is 0 Å². The van der Waals surface area contributed by atoms with E-state index >= 15 is 0 Å². The number of hydrogen-bond donors (Lipinski definition) is 2. The number of nitrogens with one attached hydrogen (secondary N) is 2. The fourth-order valence-corrected chi connectivity index (χ4v) is 8.39. The lowest BCUT2D eigenvalue weighted by Gasteiger charge is -2.20. The standard InChI is InChI=1S/C55H38N4/c56-52-33-30-39(54-48-23-9-11-25-50(48)55(51-26-12-10-24-49(51)54)47-27-13-16-37-15-5-6-20-43(37)47)35-53(52)59-58-41-31-28-38(29-32-41)42-18-3-1-2-4-19-44(40-17-14-34-57-36-40)46-22-8-7-21-45(42)46/h1-36,56,58H/b2-1?,3-1?,4-2?,18-3?,19-4?,42-18?,44-19?,45-42?,46-44?,56-52?,59-53-. The zero-order valence-corrected chi connectivity index (χ0v) is 32.2. The summed E-state index contributed by atoms with van der Waals surface area (Å²) in [5.41, 5.74) is 14.0. The lowest BCUT2D eigenvalue weighted by Crippen LogP contribution is -2.14. The van der Waals surface area contributed by atoms with Gasteiger partial charge < -0.3 is 0 Å². The minimum atomic E-state index is 0.348. The van der Waals surface area contributed by atoms with Gasteiger partial charge >= 0.3 is 0 Å². The van der Waals surface area contributed by atoms with Crippen LogP contribution in [0, 0.1) is 5.41 Å². The molecule has 1 heterocycles. The van der Waals surface area contributed by atoms with Crippen LogP contribution < -0.4 is 5.43 Å². The normalized spacial score (nSPS) is 13.2. The third-order valence-corrected chi connectivity index (χ3v) is 11.1. The van der Waals surface area contributed by atoms with E-state index in [0.29, 0.717) is 11.4 Å². The molecule has 4 heteroatoms. The smallest absolute Gasteiger partial charge is 0.109 e. The number of aromatic nitrogens is 1. The topological polar surface area (TPSA) is 61.1 Å². The Balaban J connectivity index is 1.03. The van der Waals surface area contributed by atoms with Crippen LogP contribution in [0.2, 0.25) is 0 Å². The molecule has 0 amide bonds. The second-order valence-electron chi connectivity index (χ2n) is 14.6. The molecule has 1 aromatic heterocycles. The van der Waals surface area contributed by atoms with Crippen molar-refractivity contribution in [1.29, 1.82) is 5.41 Å². The highest BCUT2D eigenvalue weighted by molar-refractivity contribution is 6.52. The van der Waals surface area contributed by atoms with Crippen molar-refractivity contribution in [2.75, 3.05) is 5.43 Å². The molecule has 1 aliphatic rings. The van der Waals surface area contributed by atoms with E-state index in [1.807, 2.05) is 42.6 Å². The number of anilines is 1. The number of allylic oxidation sites excluding steroid dienone is 4. The minimum absolute atomic E-state index is 0.348. The number of nitrogens with zero attached hydrogens (tertiary/aromatic N) is 2. The maximum atomic E-state index is 8.87. The second-order valence-corrected chi connectivity index (χ2v) is 14.6. The van der Waals surface area contributed by atoms with Crippen LogP contribution in [0.4, 0.5) is 5.69 Å². The second kappa shape index (κ2) is 15.5. The zero-order valence-electron chi connectivity index (χ0n) is 32.2. The molecule has 0 saturated heterocycles. The predicted molar refractivity (Wildman–Crippen MR) is 251 cm³/mol. The van der Waals surface area contributed by atoms with Gasteiger partial charge in [-0.3, -0.25) is 15.8 Å². The number of hydrazone groups is 1. The summed E-state index contributed by atoms with van der Waals surface area (Å²) < 4.78 is 0. The molecular formula is C55H38N4. The first kappa shape index (κ1) is 35.5. The summed E-state index contributed by atoms with van der Waals surface area (Å²) in [6.07, 6.45) is 9.65. The SMILES string of the molecule is N=C1C=CC(c2c3ccccc3c(-c3cccc4ccccc34)c3ccccc23)=C/C1=N/Nc1ccc(-c2ccccccc(-c3cccnc3)c3ccccc23)cc1. The van der Waals surface area contributed by atoms with E-state index in [-0.39, 0.29) is 0 Å². The van der Waals surface area contributed by atoms with Crippen LogP contribution in [0.3, 0.4) is 0 Å². The van der Waals surface area contributed by atoms with Crippen molar-refractivity contribution >= 4 is 65.8 Å². The van der Waals surface area contributed by atoms with Gasteiger partial charge in [-0.2, -0.15) is 5.10 Å². The average Bonchev–Trinajstić information content (AvgIpc) is 3.30.